The van der Waals surface area contributed by atoms with E-state index in [-0.39, 0.29) is 37.6 Å². The number of hydrazine groups is 1. The Balaban J connectivity index is 1.35. The zero-order valence-corrected chi connectivity index (χ0v) is 16.4. The molecule has 0 radical (unpaired) electrons. The Kier molecular flexibility index (Phi) is 6.51. The van der Waals surface area contributed by atoms with Gasteiger partial charge < -0.3 is 10.1 Å². The van der Waals surface area contributed by atoms with Crippen LogP contribution in [0, 0.1) is 11.3 Å². The lowest BCUT2D eigenvalue weighted by molar-refractivity contribution is -0.131. The molecule has 2 fully saturated rings. The number of amides is 5. The van der Waals surface area contributed by atoms with E-state index in [9.17, 15) is 19.2 Å². The summed E-state index contributed by atoms with van der Waals surface area (Å²) in [5, 5.41) is 11.8. The summed E-state index contributed by atoms with van der Waals surface area (Å²) in [6.07, 6.45) is 3.44. The van der Waals surface area contributed by atoms with Gasteiger partial charge in [0.2, 0.25) is 5.91 Å². The molecule has 1 aliphatic heterocycles. The van der Waals surface area contributed by atoms with Crippen molar-refractivity contribution in [2.75, 3.05) is 13.2 Å². The second kappa shape index (κ2) is 9.26. The van der Waals surface area contributed by atoms with Gasteiger partial charge in [0, 0.05) is 13.0 Å². The SMILES string of the molecule is N#Cc1ccccc1OCC(=O)NNC(=O)CCCN1C(=O)NC2(CCCC2)C1=O. The van der Waals surface area contributed by atoms with Crippen molar-refractivity contribution < 1.29 is 23.9 Å². The Morgan fingerprint density at radius 1 is 1.17 bits per heavy atom. The van der Waals surface area contributed by atoms with E-state index in [0.717, 1.165) is 17.7 Å². The number of hydrogen-bond acceptors (Lipinski definition) is 6. The number of imide groups is 1. The molecule has 0 atom stereocenters. The summed E-state index contributed by atoms with van der Waals surface area (Å²) in [5.41, 5.74) is 4.02. The summed E-state index contributed by atoms with van der Waals surface area (Å²) in [5.74, 6) is -0.986. The van der Waals surface area contributed by atoms with Gasteiger partial charge in [0.05, 0.1) is 5.56 Å². The van der Waals surface area contributed by atoms with E-state index in [4.69, 9.17) is 10.00 Å². The molecule has 1 saturated carbocycles. The van der Waals surface area contributed by atoms with Crippen molar-refractivity contribution in [3.05, 3.63) is 29.8 Å². The summed E-state index contributed by atoms with van der Waals surface area (Å²) in [4.78, 5) is 49.4. The summed E-state index contributed by atoms with van der Waals surface area (Å²) in [6.45, 7) is -0.231. The van der Waals surface area contributed by atoms with E-state index < -0.39 is 23.4 Å². The van der Waals surface area contributed by atoms with Crippen LogP contribution in [0.3, 0.4) is 0 Å². The van der Waals surface area contributed by atoms with Crippen LogP contribution in [0.2, 0.25) is 0 Å². The highest BCUT2D eigenvalue weighted by atomic mass is 16.5. The van der Waals surface area contributed by atoms with Crippen LogP contribution in [-0.4, -0.2) is 47.3 Å². The molecule has 1 saturated heterocycles. The highest BCUT2D eigenvalue weighted by molar-refractivity contribution is 6.07. The number of nitrogens with one attached hydrogen (secondary N) is 3. The van der Waals surface area contributed by atoms with Crippen LogP contribution in [0.1, 0.15) is 44.1 Å². The van der Waals surface area contributed by atoms with Crippen LogP contribution < -0.4 is 20.9 Å². The molecular weight excluding hydrogens is 390 g/mol. The second-order valence-electron chi connectivity index (χ2n) is 7.27. The smallest absolute Gasteiger partial charge is 0.325 e. The number of rotatable bonds is 7. The molecule has 1 aliphatic carbocycles. The van der Waals surface area contributed by atoms with Gasteiger partial charge in [-0.15, -0.1) is 0 Å². The molecule has 10 heteroatoms. The lowest BCUT2D eigenvalue weighted by Gasteiger charge is -2.19. The van der Waals surface area contributed by atoms with Crippen molar-refractivity contribution in [2.24, 2.45) is 0 Å². The highest BCUT2D eigenvalue weighted by Gasteiger charge is 2.51. The van der Waals surface area contributed by atoms with Crippen molar-refractivity contribution in [2.45, 2.75) is 44.1 Å². The lowest BCUT2D eigenvalue weighted by atomic mass is 9.98. The third-order valence-electron chi connectivity index (χ3n) is 5.20. The summed E-state index contributed by atoms with van der Waals surface area (Å²) in [7, 11) is 0. The first kappa shape index (κ1) is 21.1. The molecule has 10 nitrogen and oxygen atoms in total. The standard InChI is InChI=1S/C20H23N5O5/c21-12-14-6-1-2-7-15(14)30-13-17(27)24-23-16(26)8-5-11-25-18(28)20(22-19(25)29)9-3-4-10-20/h1-2,6-7H,3-5,8-11,13H2,(H,22,29)(H,23,26)(H,24,27). The molecule has 0 bridgehead atoms. The summed E-state index contributed by atoms with van der Waals surface area (Å²) >= 11 is 0. The molecule has 1 aromatic rings. The predicted octanol–water partition coefficient (Wildman–Crippen LogP) is 0.729. The summed E-state index contributed by atoms with van der Waals surface area (Å²) < 4.78 is 5.27. The molecular formula is C20H23N5O5. The normalized spacial score (nSPS) is 16.8. The van der Waals surface area contributed by atoms with E-state index in [2.05, 4.69) is 16.2 Å². The average molecular weight is 413 g/mol. The van der Waals surface area contributed by atoms with Crippen molar-refractivity contribution >= 4 is 23.8 Å². The van der Waals surface area contributed by atoms with Crippen molar-refractivity contribution in [3.63, 3.8) is 0 Å². The highest BCUT2D eigenvalue weighted by Crippen LogP contribution is 2.35. The number of carbonyl (C=O) groups is 4. The molecule has 5 amide bonds. The molecule has 158 valence electrons. The fourth-order valence-electron chi connectivity index (χ4n) is 3.66. The maximum Gasteiger partial charge on any atom is 0.325 e. The molecule has 1 spiro atoms. The molecule has 30 heavy (non-hydrogen) atoms. The van der Waals surface area contributed by atoms with E-state index >= 15 is 0 Å². The van der Waals surface area contributed by atoms with Gasteiger partial charge in [-0.05, 0) is 31.4 Å². The first-order valence-corrected chi connectivity index (χ1v) is 9.79. The average Bonchev–Trinajstić information content (AvgIpc) is 3.31. The van der Waals surface area contributed by atoms with E-state index in [1.165, 1.54) is 0 Å². The minimum absolute atomic E-state index is 0.0302. The van der Waals surface area contributed by atoms with Gasteiger partial charge in [-0.25, -0.2) is 4.79 Å². The minimum Gasteiger partial charge on any atom is -0.482 e. The monoisotopic (exact) mass is 413 g/mol. The number of benzene rings is 1. The number of ether oxygens (including phenoxy) is 1. The molecule has 2 aliphatic rings. The number of carbonyl (C=O) groups excluding carboxylic acids is 4. The van der Waals surface area contributed by atoms with E-state index in [1.807, 2.05) is 6.07 Å². The van der Waals surface area contributed by atoms with E-state index in [0.29, 0.717) is 18.4 Å². The predicted molar refractivity (Wildman–Crippen MR) is 104 cm³/mol. The number of nitriles is 1. The molecule has 3 rings (SSSR count). The maximum atomic E-state index is 12.5. The Hall–Kier alpha value is -3.61. The van der Waals surface area contributed by atoms with Crippen LogP contribution in [0.5, 0.6) is 5.75 Å². The van der Waals surface area contributed by atoms with Crippen LogP contribution >= 0.6 is 0 Å². The largest absolute Gasteiger partial charge is 0.482 e. The van der Waals surface area contributed by atoms with Crippen molar-refractivity contribution in [1.29, 1.82) is 5.26 Å². The molecule has 0 aromatic heterocycles. The quantitative estimate of drug-likeness (QED) is 0.445. The number of urea groups is 1. The lowest BCUT2D eigenvalue weighted by Crippen LogP contribution is -2.44. The first-order valence-electron chi connectivity index (χ1n) is 9.79. The Bertz CT molecular complexity index is 888. The molecule has 1 heterocycles. The maximum absolute atomic E-state index is 12.5. The minimum atomic E-state index is -0.752. The first-order chi connectivity index (χ1) is 14.4. The Labute approximate surface area is 173 Å². The van der Waals surface area contributed by atoms with Gasteiger partial charge in [-0.2, -0.15) is 5.26 Å². The number of para-hydroxylation sites is 1. The molecule has 1 aromatic carbocycles. The van der Waals surface area contributed by atoms with Crippen LogP contribution in [-0.2, 0) is 14.4 Å². The number of hydrogen-bond donors (Lipinski definition) is 3. The van der Waals surface area contributed by atoms with E-state index in [1.54, 1.807) is 24.3 Å². The fourth-order valence-corrected chi connectivity index (χ4v) is 3.66. The fraction of sp³-hybridized carbons (Fsp3) is 0.450. The second-order valence-corrected chi connectivity index (χ2v) is 7.27. The topological polar surface area (TPSA) is 141 Å². The van der Waals surface area contributed by atoms with Gasteiger partial charge in [-0.1, -0.05) is 25.0 Å². The van der Waals surface area contributed by atoms with Crippen LogP contribution in [0.25, 0.3) is 0 Å². The zero-order valence-electron chi connectivity index (χ0n) is 16.4. The van der Waals surface area contributed by atoms with Gasteiger partial charge in [0.15, 0.2) is 6.61 Å². The van der Waals surface area contributed by atoms with Gasteiger partial charge >= 0.3 is 6.03 Å². The van der Waals surface area contributed by atoms with Crippen molar-refractivity contribution in [1.82, 2.24) is 21.1 Å². The third kappa shape index (κ3) is 4.68. The zero-order chi connectivity index (χ0) is 21.6. The van der Waals surface area contributed by atoms with Crippen LogP contribution in [0.4, 0.5) is 4.79 Å². The van der Waals surface area contributed by atoms with Crippen LogP contribution in [0.15, 0.2) is 24.3 Å². The third-order valence-corrected chi connectivity index (χ3v) is 5.20. The number of nitrogens with zero attached hydrogens (tertiary/aromatic N) is 2. The summed E-state index contributed by atoms with van der Waals surface area (Å²) in [6, 6.07) is 8.03. The van der Waals surface area contributed by atoms with Gasteiger partial charge in [0.25, 0.3) is 11.8 Å². The van der Waals surface area contributed by atoms with Gasteiger partial charge in [0.1, 0.15) is 17.4 Å². The molecule has 3 N–H and O–H groups in total. The Morgan fingerprint density at radius 3 is 2.60 bits per heavy atom. The van der Waals surface area contributed by atoms with Gasteiger partial charge in [-0.3, -0.25) is 30.1 Å². The molecule has 0 unspecified atom stereocenters. The Morgan fingerprint density at radius 2 is 1.87 bits per heavy atom. The van der Waals surface area contributed by atoms with Crippen molar-refractivity contribution in [3.8, 4) is 11.8 Å².